The highest BCUT2D eigenvalue weighted by Crippen LogP contribution is 1.96. The highest BCUT2D eigenvalue weighted by atomic mass is 15.1. The molecule has 1 heterocycles. The predicted octanol–water partition coefficient (Wildman–Crippen LogP) is -0.0695. The van der Waals surface area contributed by atoms with Crippen LogP contribution in [0, 0.1) is 11.3 Å². The summed E-state index contributed by atoms with van der Waals surface area (Å²) in [5.41, 5.74) is 5.64. The summed E-state index contributed by atoms with van der Waals surface area (Å²) in [6, 6.07) is 3.35. The van der Waals surface area contributed by atoms with Gasteiger partial charge in [0, 0.05) is 6.07 Å². The second kappa shape index (κ2) is 2.09. The summed E-state index contributed by atoms with van der Waals surface area (Å²) in [6.45, 7) is 0. The van der Waals surface area contributed by atoms with Crippen LogP contribution in [0.25, 0.3) is 0 Å². The van der Waals surface area contributed by atoms with Gasteiger partial charge in [0.25, 0.3) is 0 Å². The van der Waals surface area contributed by atoms with Crippen molar-refractivity contribution in [3.63, 3.8) is 0 Å². The Bertz CT molecular complexity index is 249. The first-order valence-electron chi connectivity index (χ1n) is 2.31. The molecule has 2 N–H and O–H groups in total. The molecule has 1 rings (SSSR count). The Morgan fingerprint density at radius 2 is 2.44 bits per heavy atom. The number of anilines is 1. The fourth-order valence-corrected chi connectivity index (χ4v) is 0.444. The fourth-order valence-electron chi connectivity index (χ4n) is 0.444. The Labute approximate surface area is 51.9 Å². The van der Waals surface area contributed by atoms with Crippen molar-refractivity contribution in [1.82, 2.24) is 10.2 Å². The zero-order valence-electron chi connectivity index (χ0n) is 4.57. The van der Waals surface area contributed by atoms with Crippen molar-refractivity contribution in [1.29, 1.82) is 5.26 Å². The summed E-state index contributed by atoms with van der Waals surface area (Å²) >= 11 is 0. The van der Waals surface area contributed by atoms with Gasteiger partial charge in [0.15, 0.2) is 0 Å². The lowest BCUT2D eigenvalue weighted by atomic mass is 10.3. The highest BCUT2D eigenvalue weighted by Gasteiger charge is 1.89. The molecule has 1 aromatic rings. The van der Waals surface area contributed by atoms with Gasteiger partial charge in [-0.05, 0) is 0 Å². The molecule has 0 aliphatic heterocycles. The highest BCUT2D eigenvalue weighted by molar-refractivity contribution is 5.35. The molecule has 0 unspecified atom stereocenters. The van der Waals surface area contributed by atoms with Crippen molar-refractivity contribution in [3.05, 3.63) is 17.8 Å². The third-order valence-electron chi connectivity index (χ3n) is 0.803. The zero-order chi connectivity index (χ0) is 6.69. The minimum atomic E-state index is 0.272. The first-order chi connectivity index (χ1) is 4.33. The van der Waals surface area contributed by atoms with Gasteiger partial charge in [0.05, 0.1) is 11.8 Å². The van der Waals surface area contributed by atoms with E-state index in [9.17, 15) is 0 Å². The van der Waals surface area contributed by atoms with E-state index in [1.807, 2.05) is 6.07 Å². The number of nitrogens with two attached hydrogens (primary N) is 1. The standard InChI is InChI=1S/C5H4N4/c6-2-4-1-5(7)9-8-3-4/h1,3H,(H2,7,9). The van der Waals surface area contributed by atoms with Crippen LogP contribution in [0.1, 0.15) is 5.56 Å². The van der Waals surface area contributed by atoms with Crippen molar-refractivity contribution in [2.24, 2.45) is 0 Å². The second-order valence-electron chi connectivity index (χ2n) is 1.48. The quantitative estimate of drug-likeness (QED) is 0.520. The molecule has 1 aromatic heterocycles. The molecule has 0 radical (unpaired) electrons. The monoisotopic (exact) mass is 120 g/mol. The van der Waals surface area contributed by atoms with Gasteiger partial charge >= 0.3 is 0 Å². The Morgan fingerprint density at radius 3 is 2.89 bits per heavy atom. The van der Waals surface area contributed by atoms with E-state index >= 15 is 0 Å². The van der Waals surface area contributed by atoms with Crippen molar-refractivity contribution in [2.45, 2.75) is 0 Å². The van der Waals surface area contributed by atoms with Crippen molar-refractivity contribution in [3.8, 4) is 6.07 Å². The van der Waals surface area contributed by atoms with Gasteiger partial charge in [-0.15, -0.1) is 5.10 Å². The molecule has 0 aliphatic carbocycles. The van der Waals surface area contributed by atoms with Crippen LogP contribution in [-0.4, -0.2) is 10.2 Å². The van der Waals surface area contributed by atoms with Crippen LogP contribution in [0.3, 0.4) is 0 Å². The van der Waals surface area contributed by atoms with Crippen LogP contribution in [0.4, 0.5) is 5.82 Å². The van der Waals surface area contributed by atoms with Gasteiger partial charge in [0.1, 0.15) is 11.9 Å². The average Bonchev–Trinajstić information content (AvgIpc) is 1.88. The molecule has 0 aromatic carbocycles. The molecule has 0 fully saturated rings. The molecule has 0 saturated carbocycles. The maximum absolute atomic E-state index is 8.29. The van der Waals surface area contributed by atoms with E-state index in [4.69, 9.17) is 11.0 Å². The molecule has 4 nitrogen and oxygen atoms in total. The molecule has 4 heteroatoms. The molecular formula is C5H4N4. The Hall–Kier alpha value is -1.63. The smallest absolute Gasteiger partial charge is 0.147 e. The topological polar surface area (TPSA) is 75.6 Å². The average molecular weight is 120 g/mol. The van der Waals surface area contributed by atoms with Crippen molar-refractivity contribution in [2.75, 3.05) is 5.73 Å². The van der Waals surface area contributed by atoms with Gasteiger partial charge in [-0.2, -0.15) is 10.4 Å². The summed E-state index contributed by atoms with van der Waals surface area (Å²) in [5.74, 6) is 0.272. The summed E-state index contributed by atoms with van der Waals surface area (Å²) in [6.07, 6.45) is 1.36. The van der Waals surface area contributed by atoms with Crippen molar-refractivity contribution >= 4 is 5.82 Å². The van der Waals surface area contributed by atoms with Crippen molar-refractivity contribution < 1.29 is 0 Å². The van der Waals surface area contributed by atoms with Crippen LogP contribution in [0.2, 0.25) is 0 Å². The van der Waals surface area contributed by atoms with E-state index in [2.05, 4.69) is 10.2 Å². The number of hydrogen-bond donors (Lipinski definition) is 1. The molecule has 9 heavy (non-hydrogen) atoms. The van der Waals surface area contributed by atoms with Gasteiger partial charge in [-0.1, -0.05) is 0 Å². The van der Waals surface area contributed by atoms with E-state index in [1.54, 1.807) is 0 Å². The first-order valence-corrected chi connectivity index (χ1v) is 2.31. The number of rotatable bonds is 0. The zero-order valence-corrected chi connectivity index (χ0v) is 4.57. The molecule has 0 spiro atoms. The number of nitrogens with zero attached hydrogens (tertiary/aromatic N) is 3. The molecule has 0 bridgehead atoms. The Morgan fingerprint density at radius 1 is 1.67 bits per heavy atom. The summed E-state index contributed by atoms with van der Waals surface area (Å²) in [4.78, 5) is 0. The SMILES string of the molecule is N#Cc1cnnc(N)c1. The number of hydrogen-bond acceptors (Lipinski definition) is 4. The van der Waals surface area contributed by atoms with Crippen LogP contribution in [0.15, 0.2) is 12.3 Å². The fraction of sp³-hybridized carbons (Fsp3) is 0. The second-order valence-corrected chi connectivity index (χ2v) is 1.48. The van der Waals surface area contributed by atoms with E-state index in [-0.39, 0.29) is 5.82 Å². The molecule has 44 valence electrons. The van der Waals surface area contributed by atoms with Gasteiger partial charge in [0.2, 0.25) is 0 Å². The van der Waals surface area contributed by atoms with Gasteiger partial charge in [-0.3, -0.25) is 0 Å². The van der Waals surface area contributed by atoms with E-state index in [0.29, 0.717) is 5.56 Å². The Kier molecular flexibility index (Phi) is 1.28. The summed E-state index contributed by atoms with van der Waals surface area (Å²) in [7, 11) is 0. The molecule has 0 atom stereocenters. The van der Waals surface area contributed by atoms with Crippen LogP contribution in [-0.2, 0) is 0 Å². The minimum absolute atomic E-state index is 0.272. The Balaban J connectivity index is 3.12. The van der Waals surface area contributed by atoms with E-state index < -0.39 is 0 Å². The predicted molar refractivity (Wildman–Crippen MR) is 31.2 cm³/mol. The molecule has 0 amide bonds. The van der Waals surface area contributed by atoms with E-state index in [1.165, 1.54) is 12.3 Å². The van der Waals surface area contributed by atoms with Crippen LogP contribution >= 0.6 is 0 Å². The molecular weight excluding hydrogens is 116 g/mol. The van der Waals surface area contributed by atoms with Crippen LogP contribution in [0.5, 0.6) is 0 Å². The summed E-state index contributed by atoms with van der Waals surface area (Å²) < 4.78 is 0. The lowest BCUT2D eigenvalue weighted by Gasteiger charge is -1.86. The van der Waals surface area contributed by atoms with Gasteiger partial charge in [-0.25, -0.2) is 0 Å². The lowest BCUT2D eigenvalue weighted by Crippen LogP contribution is -1.92. The molecule has 0 aliphatic rings. The molecule has 0 saturated heterocycles. The van der Waals surface area contributed by atoms with Gasteiger partial charge < -0.3 is 5.73 Å². The minimum Gasteiger partial charge on any atom is -0.382 e. The third kappa shape index (κ3) is 1.13. The third-order valence-corrected chi connectivity index (χ3v) is 0.803. The first kappa shape index (κ1) is 5.51. The number of aromatic nitrogens is 2. The number of nitrogen functional groups attached to an aromatic ring is 1. The largest absolute Gasteiger partial charge is 0.382 e. The number of nitriles is 1. The normalized spacial score (nSPS) is 8.33. The van der Waals surface area contributed by atoms with E-state index in [0.717, 1.165) is 0 Å². The van der Waals surface area contributed by atoms with Crippen LogP contribution < -0.4 is 5.73 Å². The summed E-state index contributed by atoms with van der Waals surface area (Å²) in [5, 5.41) is 15.2. The maximum atomic E-state index is 8.29. The lowest BCUT2D eigenvalue weighted by molar-refractivity contribution is 1.04. The maximum Gasteiger partial charge on any atom is 0.147 e.